The Kier molecular flexibility index (Phi) is 3.37. The lowest BCUT2D eigenvalue weighted by Crippen LogP contribution is -2.04. The molecule has 1 aromatic rings. The van der Waals surface area contributed by atoms with Gasteiger partial charge in [-0.15, -0.1) is 0 Å². The third-order valence-corrected chi connectivity index (χ3v) is 2.12. The van der Waals surface area contributed by atoms with Crippen molar-refractivity contribution in [2.45, 2.75) is 6.18 Å². The molecule has 0 saturated carbocycles. The van der Waals surface area contributed by atoms with Crippen molar-refractivity contribution >= 4 is 16.2 Å². The molecule has 0 N–H and O–H groups in total. The SMILES string of the molecule is CS(=O)(=O)/N=C/c1ccc(C(F)(F)F)cc1. The highest BCUT2D eigenvalue weighted by Crippen LogP contribution is 2.28. The summed E-state index contributed by atoms with van der Waals surface area (Å²) in [7, 11) is -3.51. The van der Waals surface area contributed by atoms with Crippen molar-refractivity contribution in [2.24, 2.45) is 4.40 Å². The molecule has 0 fully saturated rings. The number of hydrogen-bond acceptors (Lipinski definition) is 2. The molecule has 0 amide bonds. The second-order valence-electron chi connectivity index (χ2n) is 3.09. The lowest BCUT2D eigenvalue weighted by Gasteiger charge is -2.05. The predicted molar refractivity (Wildman–Crippen MR) is 53.9 cm³/mol. The van der Waals surface area contributed by atoms with Gasteiger partial charge in [0.05, 0.1) is 11.8 Å². The zero-order valence-corrected chi connectivity index (χ0v) is 9.01. The molecule has 88 valence electrons. The molecule has 0 radical (unpaired) electrons. The average molecular weight is 251 g/mol. The molecular formula is C9H8F3NO2S. The second-order valence-corrected chi connectivity index (χ2v) is 4.76. The maximum Gasteiger partial charge on any atom is 0.416 e. The number of rotatable bonds is 2. The fourth-order valence-electron chi connectivity index (χ4n) is 0.915. The maximum atomic E-state index is 12.2. The first-order valence-electron chi connectivity index (χ1n) is 4.11. The van der Waals surface area contributed by atoms with E-state index in [0.29, 0.717) is 5.56 Å². The van der Waals surface area contributed by atoms with E-state index < -0.39 is 21.8 Å². The summed E-state index contributed by atoms with van der Waals surface area (Å²) >= 11 is 0. The maximum absolute atomic E-state index is 12.2. The smallest absolute Gasteiger partial charge is 0.205 e. The predicted octanol–water partition coefficient (Wildman–Crippen LogP) is 2.08. The molecule has 0 heterocycles. The molecule has 3 nitrogen and oxygen atoms in total. The van der Waals surface area contributed by atoms with Crippen LogP contribution >= 0.6 is 0 Å². The van der Waals surface area contributed by atoms with Crippen LogP contribution in [0.3, 0.4) is 0 Å². The summed E-state index contributed by atoms with van der Waals surface area (Å²) in [6, 6.07) is 4.03. The first-order chi connectivity index (χ1) is 7.18. The molecule has 0 aliphatic carbocycles. The fraction of sp³-hybridized carbons (Fsp3) is 0.222. The van der Waals surface area contributed by atoms with E-state index in [2.05, 4.69) is 4.40 Å². The Bertz CT molecular complexity index is 488. The molecule has 0 atom stereocenters. The van der Waals surface area contributed by atoms with Gasteiger partial charge in [-0.2, -0.15) is 17.6 Å². The van der Waals surface area contributed by atoms with Crippen LogP contribution < -0.4 is 0 Å². The van der Waals surface area contributed by atoms with E-state index in [0.717, 1.165) is 36.7 Å². The highest BCUT2D eigenvalue weighted by atomic mass is 32.2. The second kappa shape index (κ2) is 4.25. The molecule has 16 heavy (non-hydrogen) atoms. The van der Waals surface area contributed by atoms with Crippen LogP contribution in [0, 0.1) is 0 Å². The van der Waals surface area contributed by atoms with Gasteiger partial charge in [-0.05, 0) is 17.7 Å². The quantitative estimate of drug-likeness (QED) is 0.755. The van der Waals surface area contributed by atoms with Gasteiger partial charge in [0.1, 0.15) is 0 Å². The monoisotopic (exact) mass is 251 g/mol. The summed E-state index contributed by atoms with van der Waals surface area (Å²) in [5, 5.41) is 0. The number of sulfonamides is 1. The molecule has 0 unspecified atom stereocenters. The molecule has 1 rings (SSSR count). The minimum absolute atomic E-state index is 0.290. The van der Waals surface area contributed by atoms with E-state index in [4.69, 9.17) is 0 Å². The van der Waals surface area contributed by atoms with Crippen molar-refractivity contribution in [3.8, 4) is 0 Å². The third kappa shape index (κ3) is 4.01. The van der Waals surface area contributed by atoms with E-state index in [1.807, 2.05) is 0 Å². The summed E-state index contributed by atoms with van der Waals surface area (Å²) in [6.45, 7) is 0. The van der Waals surface area contributed by atoms with E-state index >= 15 is 0 Å². The van der Waals surface area contributed by atoms with Gasteiger partial charge in [-0.1, -0.05) is 12.1 Å². The van der Waals surface area contributed by atoms with E-state index in [-0.39, 0.29) is 0 Å². The molecule has 0 aliphatic heterocycles. The minimum Gasteiger partial charge on any atom is -0.205 e. The highest BCUT2D eigenvalue weighted by Gasteiger charge is 2.29. The normalized spacial score (nSPS) is 13.2. The number of benzene rings is 1. The molecule has 0 aromatic heterocycles. The van der Waals surface area contributed by atoms with Crippen LogP contribution in [-0.2, 0) is 16.2 Å². The fourth-order valence-corrected chi connectivity index (χ4v) is 1.23. The number of nitrogens with zero attached hydrogens (tertiary/aromatic N) is 1. The van der Waals surface area contributed by atoms with Crippen LogP contribution in [0.5, 0.6) is 0 Å². The van der Waals surface area contributed by atoms with E-state index in [1.54, 1.807) is 0 Å². The Labute approximate surface area is 90.7 Å². The lowest BCUT2D eigenvalue weighted by atomic mass is 10.1. The molecule has 1 aromatic carbocycles. The van der Waals surface area contributed by atoms with Crippen molar-refractivity contribution in [2.75, 3.05) is 6.26 Å². The Morgan fingerprint density at radius 2 is 1.69 bits per heavy atom. The Morgan fingerprint density at radius 1 is 1.19 bits per heavy atom. The van der Waals surface area contributed by atoms with Crippen LogP contribution in [0.25, 0.3) is 0 Å². The van der Waals surface area contributed by atoms with Crippen LogP contribution in [0.2, 0.25) is 0 Å². The van der Waals surface area contributed by atoms with Crippen LogP contribution in [0.4, 0.5) is 13.2 Å². The van der Waals surface area contributed by atoms with Gasteiger partial charge in [0, 0.05) is 6.21 Å². The van der Waals surface area contributed by atoms with Crippen LogP contribution in [0.1, 0.15) is 11.1 Å². The molecule has 0 aliphatic rings. The summed E-state index contributed by atoms with van der Waals surface area (Å²) in [5.41, 5.74) is -0.498. The van der Waals surface area contributed by atoms with Gasteiger partial charge in [0.2, 0.25) is 10.0 Å². The van der Waals surface area contributed by atoms with Gasteiger partial charge in [0.25, 0.3) is 0 Å². The number of hydrogen-bond donors (Lipinski definition) is 0. The largest absolute Gasteiger partial charge is 0.416 e. The van der Waals surface area contributed by atoms with Gasteiger partial charge in [-0.25, -0.2) is 8.42 Å². The van der Waals surface area contributed by atoms with Crippen LogP contribution in [-0.4, -0.2) is 20.9 Å². The van der Waals surface area contributed by atoms with Crippen molar-refractivity contribution in [3.63, 3.8) is 0 Å². The summed E-state index contributed by atoms with van der Waals surface area (Å²) in [6.07, 6.45) is -2.50. The molecule has 0 saturated heterocycles. The van der Waals surface area contributed by atoms with Crippen molar-refractivity contribution < 1.29 is 21.6 Å². The first-order valence-corrected chi connectivity index (χ1v) is 5.96. The van der Waals surface area contributed by atoms with Crippen molar-refractivity contribution in [3.05, 3.63) is 35.4 Å². The van der Waals surface area contributed by atoms with Gasteiger partial charge < -0.3 is 0 Å². The Balaban J connectivity index is 2.93. The first kappa shape index (κ1) is 12.7. The third-order valence-electron chi connectivity index (χ3n) is 1.63. The highest BCUT2D eigenvalue weighted by molar-refractivity contribution is 7.89. The molecule has 0 spiro atoms. The number of halogens is 3. The van der Waals surface area contributed by atoms with Gasteiger partial charge >= 0.3 is 6.18 Å². The molecule has 7 heteroatoms. The standard InChI is InChI=1S/C9H8F3NO2S/c1-16(14,15)13-6-7-2-4-8(5-3-7)9(10,11)12/h2-6H,1H3/b13-6+. The summed E-state index contributed by atoms with van der Waals surface area (Å²) in [5.74, 6) is 0. The van der Waals surface area contributed by atoms with E-state index in [9.17, 15) is 21.6 Å². The Morgan fingerprint density at radius 3 is 2.06 bits per heavy atom. The summed E-state index contributed by atoms with van der Waals surface area (Å²) < 4.78 is 61.0. The zero-order chi connectivity index (χ0) is 12.4. The topological polar surface area (TPSA) is 46.5 Å². The summed E-state index contributed by atoms with van der Waals surface area (Å²) in [4.78, 5) is 0. The van der Waals surface area contributed by atoms with Gasteiger partial charge in [-0.3, -0.25) is 0 Å². The Hall–Kier alpha value is -1.37. The zero-order valence-electron chi connectivity index (χ0n) is 8.19. The lowest BCUT2D eigenvalue weighted by molar-refractivity contribution is -0.137. The van der Waals surface area contributed by atoms with Crippen molar-refractivity contribution in [1.29, 1.82) is 0 Å². The minimum atomic E-state index is -4.40. The van der Waals surface area contributed by atoms with Gasteiger partial charge in [0.15, 0.2) is 0 Å². The van der Waals surface area contributed by atoms with Crippen molar-refractivity contribution in [1.82, 2.24) is 0 Å². The van der Waals surface area contributed by atoms with Crippen LogP contribution in [0.15, 0.2) is 28.7 Å². The molecule has 0 bridgehead atoms. The average Bonchev–Trinajstić information content (AvgIpc) is 2.13. The molecular weight excluding hydrogens is 243 g/mol. The van der Waals surface area contributed by atoms with E-state index in [1.165, 1.54) is 0 Å². The number of alkyl halides is 3.